The van der Waals surface area contributed by atoms with Crippen molar-refractivity contribution in [2.24, 2.45) is 0 Å². The van der Waals surface area contributed by atoms with Crippen LogP contribution in [0.5, 0.6) is 0 Å². The molecule has 0 N–H and O–H groups in total. The van der Waals surface area contributed by atoms with Crippen molar-refractivity contribution in [1.29, 1.82) is 0 Å². The summed E-state index contributed by atoms with van der Waals surface area (Å²) in [6.45, 7) is 0. The van der Waals surface area contributed by atoms with Crippen LogP contribution < -0.4 is 4.90 Å². The van der Waals surface area contributed by atoms with Crippen LogP contribution in [0.15, 0.2) is 192 Å². The minimum Gasteiger partial charge on any atom is -0.453 e. The van der Waals surface area contributed by atoms with Crippen molar-refractivity contribution in [2.45, 2.75) is 0 Å². The molecule has 0 aliphatic carbocycles. The zero-order chi connectivity index (χ0) is 34.2. The maximum Gasteiger partial charge on any atom is 0.159 e. The molecular weight excluding hydrogens is 631 g/mol. The molecule has 0 saturated heterocycles. The Morgan fingerprint density at radius 3 is 1.58 bits per heavy atom. The quantitative estimate of drug-likeness (QED) is 0.175. The first-order valence-electron chi connectivity index (χ1n) is 17.8. The second-order valence-electron chi connectivity index (χ2n) is 13.7. The average Bonchev–Trinajstić information content (AvgIpc) is 3.61. The molecule has 1 heterocycles. The summed E-state index contributed by atoms with van der Waals surface area (Å²) in [6, 6.07) is 67.9. The smallest absolute Gasteiger partial charge is 0.159 e. The lowest BCUT2D eigenvalue weighted by Crippen LogP contribution is -2.10. The lowest BCUT2D eigenvalue weighted by atomic mass is 9.94. The number of benzene rings is 10. The molecule has 2 nitrogen and oxygen atoms in total. The van der Waals surface area contributed by atoms with E-state index in [0.29, 0.717) is 0 Å². The predicted octanol–water partition coefficient (Wildman–Crippen LogP) is 14.5. The first-order valence-corrected chi connectivity index (χ1v) is 17.8. The van der Waals surface area contributed by atoms with Crippen molar-refractivity contribution in [3.05, 3.63) is 188 Å². The van der Waals surface area contributed by atoms with Crippen LogP contribution in [-0.2, 0) is 0 Å². The molecule has 1 aromatic heterocycles. The van der Waals surface area contributed by atoms with Gasteiger partial charge in [-0.2, -0.15) is 0 Å². The molecule has 11 aromatic rings. The van der Waals surface area contributed by atoms with Crippen LogP contribution >= 0.6 is 0 Å². The van der Waals surface area contributed by atoms with Crippen LogP contribution in [-0.4, -0.2) is 0 Å². The van der Waals surface area contributed by atoms with Crippen LogP contribution in [0.4, 0.5) is 17.1 Å². The highest BCUT2D eigenvalue weighted by Gasteiger charge is 2.22. The number of hydrogen-bond acceptors (Lipinski definition) is 2. The third-order valence-corrected chi connectivity index (χ3v) is 10.8. The van der Waals surface area contributed by atoms with Gasteiger partial charge in [-0.15, -0.1) is 0 Å². The first-order chi connectivity index (χ1) is 25.8. The van der Waals surface area contributed by atoms with E-state index in [9.17, 15) is 0 Å². The van der Waals surface area contributed by atoms with Crippen LogP contribution in [0.1, 0.15) is 0 Å². The summed E-state index contributed by atoms with van der Waals surface area (Å²) in [6.07, 6.45) is 0. The summed E-state index contributed by atoms with van der Waals surface area (Å²) in [4.78, 5) is 2.36. The number of fused-ring (bicyclic) bond motifs is 13. The summed E-state index contributed by atoms with van der Waals surface area (Å²) in [5, 5.41) is 14.5. The Morgan fingerprint density at radius 1 is 0.308 bits per heavy atom. The second-order valence-corrected chi connectivity index (χ2v) is 13.7. The van der Waals surface area contributed by atoms with Crippen molar-refractivity contribution in [2.75, 3.05) is 4.90 Å². The highest BCUT2D eigenvalue weighted by molar-refractivity contribution is 6.26. The summed E-state index contributed by atoms with van der Waals surface area (Å²) in [7, 11) is 0. The van der Waals surface area contributed by atoms with Gasteiger partial charge in [0.05, 0.1) is 5.69 Å². The number of para-hydroxylation sites is 1. The number of hydrogen-bond donors (Lipinski definition) is 0. The molecule has 0 radical (unpaired) electrons. The van der Waals surface area contributed by atoms with Gasteiger partial charge in [0.25, 0.3) is 0 Å². The van der Waals surface area contributed by atoms with Crippen LogP contribution in [0, 0.1) is 0 Å². The molecule has 0 amide bonds. The van der Waals surface area contributed by atoms with E-state index in [1.807, 2.05) is 0 Å². The number of anilines is 3. The monoisotopic (exact) mass is 661 g/mol. The van der Waals surface area contributed by atoms with E-state index in [4.69, 9.17) is 4.42 Å². The van der Waals surface area contributed by atoms with Crippen molar-refractivity contribution in [3.8, 4) is 11.1 Å². The summed E-state index contributed by atoms with van der Waals surface area (Å²) < 4.78 is 7.10. The Balaban J connectivity index is 1.20. The van der Waals surface area contributed by atoms with Gasteiger partial charge in [0, 0.05) is 27.5 Å². The third-order valence-electron chi connectivity index (χ3n) is 10.8. The molecule has 0 spiro atoms. The molecule has 0 saturated carbocycles. The number of nitrogens with zero attached hydrogens (tertiary/aromatic N) is 1. The Morgan fingerprint density at radius 2 is 0.827 bits per heavy atom. The van der Waals surface area contributed by atoms with Gasteiger partial charge in [-0.3, -0.25) is 0 Å². The molecule has 0 bridgehead atoms. The van der Waals surface area contributed by atoms with Gasteiger partial charge in [-0.05, 0) is 96.0 Å². The molecule has 2 heteroatoms. The summed E-state index contributed by atoms with van der Waals surface area (Å²) >= 11 is 0. The molecule has 0 aliphatic rings. The van der Waals surface area contributed by atoms with E-state index in [1.165, 1.54) is 59.6 Å². The normalized spacial score (nSPS) is 11.8. The standard InChI is InChI=1S/C50H31NO/c1-2-11-32(12-3-1)33-23-26-36(27-24-33)51(37-28-30-43-41-17-7-6-15-39(41)40-16-8-9-18-42(40)46(43)31-37)47-20-10-19-44-45-29-25-35-22-21-34-13-4-5-14-38(34)48(35)50(45)52-49(44)47/h1-31H. The highest BCUT2D eigenvalue weighted by atomic mass is 16.3. The van der Waals surface area contributed by atoms with E-state index < -0.39 is 0 Å². The SMILES string of the molecule is c1ccc(-c2ccc(N(c3ccc4c5ccccc5c5ccccc5c4c3)c3cccc4c3oc3c4ccc4ccc5ccccc5c43)cc2)cc1. The van der Waals surface area contributed by atoms with E-state index in [2.05, 4.69) is 193 Å². The highest BCUT2D eigenvalue weighted by Crippen LogP contribution is 2.46. The molecular formula is C50H31NO. The lowest BCUT2D eigenvalue weighted by Gasteiger charge is -2.26. The van der Waals surface area contributed by atoms with E-state index >= 15 is 0 Å². The summed E-state index contributed by atoms with van der Waals surface area (Å²) in [5.41, 5.74) is 7.30. The molecule has 52 heavy (non-hydrogen) atoms. The summed E-state index contributed by atoms with van der Waals surface area (Å²) in [5.74, 6) is 0. The topological polar surface area (TPSA) is 16.4 Å². The fraction of sp³-hybridized carbons (Fsp3) is 0. The Labute approximate surface area is 300 Å². The minimum absolute atomic E-state index is 0.869. The molecule has 11 rings (SSSR count). The van der Waals surface area contributed by atoms with E-state index in [1.54, 1.807) is 0 Å². The van der Waals surface area contributed by atoms with Gasteiger partial charge in [0.2, 0.25) is 0 Å². The van der Waals surface area contributed by atoms with Crippen LogP contribution in [0.3, 0.4) is 0 Å². The predicted molar refractivity (Wildman–Crippen MR) is 221 cm³/mol. The fourth-order valence-corrected chi connectivity index (χ4v) is 8.40. The van der Waals surface area contributed by atoms with Crippen molar-refractivity contribution < 1.29 is 4.42 Å². The van der Waals surface area contributed by atoms with Gasteiger partial charge >= 0.3 is 0 Å². The average molecular weight is 662 g/mol. The van der Waals surface area contributed by atoms with Crippen molar-refractivity contribution in [3.63, 3.8) is 0 Å². The molecule has 0 fully saturated rings. The second kappa shape index (κ2) is 11.3. The van der Waals surface area contributed by atoms with E-state index in [-0.39, 0.29) is 0 Å². The number of rotatable bonds is 4. The largest absolute Gasteiger partial charge is 0.453 e. The Bertz CT molecular complexity index is 3140. The van der Waals surface area contributed by atoms with Crippen molar-refractivity contribution >= 4 is 92.9 Å². The van der Waals surface area contributed by atoms with Gasteiger partial charge in [-0.25, -0.2) is 0 Å². The first kappa shape index (κ1) is 28.9. The van der Waals surface area contributed by atoms with Gasteiger partial charge in [0.1, 0.15) is 5.58 Å². The Kier molecular flexibility index (Phi) is 6.28. The molecule has 0 unspecified atom stereocenters. The third kappa shape index (κ3) is 4.31. The lowest BCUT2D eigenvalue weighted by molar-refractivity contribution is 0.673. The Hall–Kier alpha value is -6.90. The molecule has 0 aliphatic heterocycles. The maximum absolute atomic E-state index is 7.10. The molecule has 0 atom stereocenters. The van der Waals surface area contributed by atoms with E-state index in [0.717, 1.165) is 44.4 Å². The molecule has 10 aromatic carbocycles. The van der Waals surface area contributed by atoms with Gasteiger partial charge in [0.15, 0.2) is 5.58 Å². The fourth-order valence-electron chi connectivity index (χ4n) is 8.40. The van der Waals surface area contributed by atoms with Crippen LogP contribution in [0.25, 0.3) is 86.9 Å². The zero-order valence-electron chi connectivity index (χ0n) is 28.3. The van der Waals surface area contributed by atoms with Gasteiger partial charge < -0.3 is 9.32 Å². The van der Waals surface area contributed by atoms with Crippen LogP contribution in [0.2, 0.25) is 0 Å². The zero-order valence-corrected chi connectivity index (χ0v) is 28.3. The van der Waals surface area contributed by atoms with Crippen molar-refractivity contribution in [1.82, 2.24) is 0 Å². The number of furan rings is 1. The minimum atomic E-state index is 0.869. The molecule has 242 valence electrons. The maximum atomic E-state index is 7.10. The van der Waals surface area contributed by atoms with Gasteiger partial charge in [-0.1, -0.05) is 152 Å².